The molecule has 0 saturated heterocycles. The molecule has 1 aromatic heterocycles. The molecule has 0 aliphatic rings. The van der Waals surface area contributed by atoms with Gasteiger partial charge in [-0.3, -0.25) is 0 Å². The summed E-state index contributed by atoms with van der Waals surface area (Å²) in [6, 6.07) is 7.28. The van der Waals surface area contributed by atoms with Crippen molar-refractivity contribution in [1.82, 2.24) is 9.97 Å². The lowest BCUT2D eigenvalue weighted by Gasteiger charge is -2.07. The molecule has 1 N–H and O–H groups in total. The van der Waals surface area contributed by atoms with E-state index in [0.29, 0.717) is 11.0 Å². The predicted octanol–water partition coefficient (Wildman–Crippen LogP) is 3.16. The molecule has 0 saturated carbocycles. The minimum atomic E-state index is 0.512. The van der Waals surface area contributed by atoms with Crippen molar-refractivity contribution in [2.75, 3.05) is 5.32 Å². The Hall–Kier alpha value is -1.26. The highest BCUT2D eigenvalue weighted by Gasteiger charge is 2.03. The molecule has 2 rings (SSSR count). The van der Waals surface area contributed by atoms with E-state index in [-0.39, 0.29) is 0 Å². The van der Waals surface area contributed by atoms with Gasteiger partial charge >= 0.3 is 0 Å². The summed E-state index contributed by atoms with van der Waals surface area (Å²) < 4.78 is 0. The van der Waals surface area contributed by atoms with Crippen LogP contribution in [0.5, 0.6) is 0 Å². The second-order valence-electron chi connectivity index (χ2n) is 2.84. The minimum Gasteiger partial charge on any atom is -0.323 e. The molecule has 0 aliphatic heterocycles. The van der Waals surface area contributed by atoms with Gasteiger partial charge in [-0.1, -0.05) is 17.7 Å². The van der Waals surface area contributed by atoms with E-state index < -0.39 is 0 Å². The molecule has 76 valence electrons. The van der Waals surface area contributed by atoms with Crippen LogP contribution >= 0.6 is 24.2 Å². The van der Waals surface area contributed by atoms with E-state index in [1.54, 1.807) is 18.5 Å². The molecular formula is C10H8ClN3S. The van der Waals surface area contributed by atoms with Crippen LogP contribution in [0.3, 0.4) is 0 Å². The maximum atomic E-state index is 6.05. The number of hydrogen-bond acceptors (Lipinski definition) is 4. The van der Waals surface area contributed by atoms with Gasteiger partial charge in [0.25, 0.3) is 0 Å². The standard InChI is InChI=1S/C10H8ClN3S/c11-9-7(3-1-4-8(9)15)14-10-12-5-2-6-13-10/h1-6,15H,(H,12,13,14). The molecule has 2 aromatic rings. The number of rotatable bonds is 2. The Labute approximate surface area is 97.9 Å². The fourth-order valence-corrected chi connectivity index (χ4v) is 1.48. The third kappa shape index (κ3) is 2.40. The summed E-state index contributed by atoms with van der Waals surface area (Å²) in [5.74, 6) is 0.512. The Balaban J connectivity index is 2.29. The minimum absolute atomic E-state index is 0.512. The zero-order valence-corrected chi connectivity index (χ0v) is 9.33. The zero-order valence-electron chi connectivity index (χ0n) is 7.68. The molecule has 0 aliphatic carbocycles. The molecule has 0 spiro atoms. The highest BCUT2D eigenvalue weighted by Crippen LogP contribution is 2.29. The van der Waals surface area contributed by atoms with Crippen molar-refractivity contribution in [3.63, 3.8) is 0 Å². The van der Waals surface area contributed by atoms with Crippen molar-refractivity contribution in [1.29, 1.82) is 0 Å². The third-order valence-electron chi connectivity index (χ3n) is 1.79. The summed E-state index contributed by atoms with van der Waals surface area (Å²) in [6.45, 7) is 0. The highest BCUT2D eigenvalue weighted by atomic mass is 35.5. The number of benzene rings is 1. The van der Waals surface area contributed by atoms with Gasteiger partial charge < -0.3 is 5.32 Å². The summed E-state index contributed by atoms with van der Waals surface area (Å²) in [6.07, 6.45) is 3.32. The topological polar surface area (TPSA) is 37.8 Å². The molecule has 0 radical (unpaired) electrons. The largest absolute Gasteiger partial charge is 0.323 e. The van der Waals surface area contributed by atoms with Gasteiger partial charge in [-0.2, -0.15) is 0 Å². The summed E-state index contributed by atoms with van der Waals surface area (Å²) in [5, 5.41) is 3.57. The first-order valence-corrected chi connectivity index (χ1v) is 5.11. The second kappa shape index (κ2) is 4.51. The van der Waals surface area contributed by atoms with E-state index in [0.717, 1.165) is 10.6 Å². The SMILES string of the molecule is Sc1cccc(Nc2ncccn2)c1Cl. The van der Waals surface area contributed by atoms with Crippen LogP contribution in [0.1, 0.15) is 0 Å². The Morgan fingerprint density at radius 2 is 1.87 bits per heavy atom. The van der Waals surface area contributed by atoms with Crippen LogP contribution in [0.25, 0.3) is 0 Å². The molecule has 0 unspecified atom stereocenters. The van der Waals surface area contributed by atoms with Gasteiger partial charge in [0.1, 0.15) is 0 Å². The monoisotopic (exact) mass is 237 g/mol. The lowest BCUT2D eigenvalue weighted by Crippen LogP contribution is -1.96. The number of thiol groups is 1. The Morgan fingerprint density at radius 1 is 1.13 bits per heavy atom. The fourth-order valence-electron chi connectivity index (χ4n) is 1.10. The van der Waals surface area contributed by atoms with Crippen molar-refractivity contribution in [3.8, 4) is 0 Å². The quantitative estimate of drug-likeness (QED) is 0.788. The number of nitrogens with one attached hydrogen (secondary N) is 1. The molecule has 15 heavy (non-hydrogen) atoms. The first-order valence-electron chi connectivity index (χ1n) is 4.29. The number of nitrogens with zero attached hydrogens (tertiary/aromatic N) is 2. The maximum Gasteiger partial charge on any atom is 0.227 e. The van der Waals surface area contributed by atoms with E-state index in [1.807, 2.05) is 18.2 Å². The number of halogens is 1. The number of hydrogen-bond donors (Lipinski definition) is 2. The van der Waals surface area contributed by atoms with Gasteiger partial charge in [-0.05, 0) is 18.2 Å². The Kier molecular flexibility index (Phi) is 3.08. The highest BCUT2D eigenvalue weighted by molar-refractivity contribution is 7.80. The van der Waals surface area contributed by atoms with Crippen molar-refractivity contribution >= 4 is 35.9 Å². The lowest BCUT2D eigenvalue weighted by molar-refractivity contribution is 1.16. The molecule has 0 bridgehead atoms. The fraction of sp³-hybridized carbons (Fsp3) is 0. The van der Waals surface area contributed by atoms with Gasteiger partial charge in [0, 0.05) is 17.3 Å². The van der Waals surface area contributed by atoms with E-state index >= 15 is 0 Å². The van der Waals surface area contributed by atoms with Crippen LogP contribution in [0, 0.1) is 0 Å². The molecule has 0 fully saturated rings. The average molecular weight is 238 g/mol. The maximum absolute atomic E-state index is 6.05. The van der Waals surface area contributed by atoms with Crippen LogP contribution < -0.4 is 5.32 Å². The second-order valence-corrected chi connectivity index (χ2v) is 3.70. The normalized spacial score (nSPS) is 10.0. The summed E-state index contributed by atoms with van der Waals surface area (Å²) >= 11 is 10.3. The van der Waals surface area contributed by atoms with Gasteiger partial charge in [0.05, 0.1) is 10.7 Å². The average Bonchev–Trinajstić information content (AvgIpc) is 2.26. The summed E-state index contributed by atoms with van der Waals surface area (Å²) in [5.41, 5.74) is 0.746. The zero-order chi connectivity index (χ0) is 10.7. The lowest BCUT2D eigenvalue weighted by atomic mass is 10.3. The predicted molar refractivity (Wildman–Crippen MR) is 64.0 cm³/mol. The first-order chi connectivity index (χ1) is 7.27. The Morgan fingerprint density at radius 3 is 2.60 bits per heavy atom. The van der Waals surface area contributed by atoms with Gasteiger partial charge in [-0.15, -0.1) is 12.6 Å². The van der Waals surface area contributed by atoms with E-state index in [4.69, 9.17) is 11.6 Å². The van der Waals surface area contributed by atoms with Crippen molar-refractivity contribution in [2.24, 2.45) is 0 Å². The van der Waals surface area contributed by atoms with E-state index in [2.05, 4.69) is 27.9 Å². The molecule has 0 atom stereocenters. The van der Waals surface area contributed by atoms with Crippen molar-refractivity contribution in [2.45, 2.75) is 4.90 Å². The van der Waals surface area contributed by atoms with Crippen molar-refractivity contribution < 1.29 is 0 Å². The van der Waals surface area contributed by atoms with Gasteiger partial charge in [0.15, 0.2) is 0 Å². The van der Waals surface area contributed by atoms with Crippen LogP contribution in [0.4, 0.5) is 11.6 Å². The summed E-state index contributed by atoms with van der Waals surface area (Å²) in [7, 11) is 0. The Bertz CT molecular complexity index is 461. The molecular weight excluding hydrogens is 230 g/mol. The van der Waals surface area contributed by atoms with Gasteiger partial charge in [0.2, 0.25) is 5.95 Å². The van der Waals surface area contributed by atoms with E-state index in [1.165, 1.54) is 0 Å². The van der Waals surface area contributed by atoms with Crippen LogP contribution in [-0.2, 0) is 0 Å². The molecule has 3 nitrogen and oxygen atoms in total. The smallest absolute Gasteiger partial charge is 0.227 e. The van der Waals surface area contributed by atoms with Crippen molar-refractivity contribution in [3.05, 3.63) is 41.7 Å². The molecule has 1 aromatic carbocycles. The first kappa shape index (κ1) is 10.3. The molecule has 0 amide bonds. The number of aromatic nitrogens is 2. The summed E-state index contributed by atoms with van der Waals surface area (Å²) in [4.78, 5) is 8.80. The van der Waals surface area contributed by atoms with Gasteiger partial charge in [-0.25, -0.2) is 9.97 Å². The van der Waals surface area contributed by atoms with E-state index in [9.17, 15) is 0 Å². The van der Waals surface area contributed by atoms with Crippen LogP contribution in [0.15, 0.2) is 41.6 Å². The third-order valence-corrected chi connectivity index (χ3v) is 2.70. The molecule has 5 heteroatoms. The molecule has 1 heterocycles. The van der Waals surface area contributed by atoms with Crippen LogP contribution in [-0.4, -0.2) is 9.97 Å². The number of anilines is 2. The van der Waals surface area contributed by atoms with Crippen LogP contribution in [0.2, 0.25) is 5.02 Å².